The number of rotatable bonds is 4. The minimum atomic E-state index is 0.479. The summed E-state index contributed by atoms with van der Waals surface area (Å²) >= 11 is 0. The van der Waals surface area contributed by atoms with Crippen LogP contribution in [0, 0.1) is 5.92 Å². The van der Waals surface area contributed by atoms with E-state index in [1.807, 2.05) is 7.05 Å². The van der Waals surface area contributed by atoms with Crippen molar-refractivity contribution in [1.82, 2.24) is 9.97 Å². The summed E-state index contributed by atoms with van der Waals surface area (Å²) in [7, 11) is 2.00. The van der Waals surface area contributed by atoms with Gasteiger partial charge in [0.1, 0.15) is 5.82 Å². The smallest absolute Gasteiger partial charge is 0.146 e. The average Bonchev–Trinajstić information content (AvgIpc) is 2.19. The monoisotopic (exact) mass is 180 g/mol. The number of nitrogens with zero attached hydrogens (tertiary/aromatic N) is 3. The number of anilines is 1. The maximum atomic E-state index is 5.54. The number of aromatic nitrogens is 2. The van der Waals surface area contributed by atoms with Gasteiger partial charge in [0.2, 0.25) is 0 Å². The van der Waals surface area contributed by atoms with Crippen molar-refractivity contribution in [1.29, 1.82) is 0 Å². The second kappa shape index (κ2) is 4.77. The van der Waals surface area contributed by atoms with Crippen LogP contribution in [0.4, 0.5) is 5.82 Å². The Balaban J connectivity index is 2.53. The second-order valence-corrected chi connectivity index (χ2v) is 3.29. The molecule has 1 heterocycles. The molecule has 0 saturated heterocycles. The first-order chi connectivity index (χ1) is 6.24. The van der Waals surface area contributed by atoms with Gasteiger partial charge in [-0.15, -0.1) is 0 Å². The van der Waals surface area contributed by atoms with Crippen molar-refractivity contribution in [2.45, 2.75) is 6.92 Å². The van der Waals surface area contributed by atoms with E-state index < -0.39 is 0 Å². The topological polar surface area (TPSA) is 55.0 Å². The van der Waals surface area contributed by atoms with E-state index in [2.05, 4.69) is 21.8 Å². The molecule has 0 amide bonds. The molecular weight excluding hydrogens is 164 g/mol. The first-order valence-corrected chi connectivity index (χ1v) is 4.41. The summed E-state index contributed by atoms with van der Waals surface area (Å²) in [5.74, 6) is 1.37. The minimum Gasteiger partial charge on any atom is -0.358 e. The number of nitrogens with two attached hydrogens (primary N) is 1. The molecule has 13 heavy (non-hydrogen) atoms. The van der Waals surface area contributed by atoms with E-state index in [4.69, 9.17) is 5.73 Å². The third kappa shape index (κ3) is 2.99. The van der Waals surface area contributed by atoms with Crippen LogP contribution >= 0.6 is 0 Å². The lowest BCUT2D eigenvalue weighted by Crippen LogP contribution is -2.28. The van der Waals surface area contributed by atoms with Gasteiger partial charge >= 0.3 is 0 Å². The summed E-state index contributed by atoms with van der Waals surface area (Å²) in [6.07, 6.45) is 5.12. The van der Waals surface area contributed by atoms with E-state index in [1.54, 1.807) is 18.6 Å². The Labute approximate surface area is 78.8 Å². The molecule has 0 aliphatic rings. The van der Waals surface area contributed by atoms with Crippen molar-refractivity contribution in [3.63, 3.8) is 0 Å². The van der Waals surface area contributed by atoms with E-state index in [0.29, 0.717) is 12.5 Å². The molecule has 72 valence electrons. The fraction of sp³-hybridized carbons (Fsp3) is 0.556. The Bertz CT molecular complexity index is 237. The van der Waals surface area contributed by atoms with Gasteiger partial charge < -0.3 is 10.6 Å². The molecule has 0 spiro atoms. The Morgan fingerprint density at radius 1 is 1.54 bits per heavy atom. The van der Waals surface area contributed by atoms with Gasteiger partial charge in [-0.05, 0) is 12.5 Å². The molecule has 0 radical (unpaired) electrons. The molecule has 2 N–H and O–H groups in total. The van der Waals surface area contributed by atoms with Gasteiger partial charge in [-0.1, -0.05) is 6.92 Å². The van der Waals surface area contributed by atoms with Gasteiger partial charge in [-0.25, -0.2) is 4.98 Å². The lowest BCUT2D eigenvalue weighted by molar-refractivity contribution is 0.587. The predicted octanol–water partition coefficient (Wildman–Crippen LogP) is 0.508. The quantitative estimate of drug-likeness (QED) is 0.733. The van der Waals surface area contributed by atoms with Gasteiger partial charge in [0.05, 0.1) is 6.20 Å². The summed E-state index contributed by atoms with van der Waals surface area (Å²) in [6, 6.07) is 0. The molecule has 0 aliphatic carbocycles. The first-order valence-electron chi connectivity index (χ1n) is 4.41. The number of hydrogen-bond acceptors (Lipinski definition) is 4. The van der Waals surface area contributed by atoms with Crippen molar-refractivity contribution in [3.05, 3.63) is 18.6 Å². The van der Waals surface area contributed by atoms with Crippen LogP contribution in [0.2, 0.25) is 0 Å². The standard InChI is InChI=1S/C9H16N4/c1-8(5-10)7-13(2)9-6-11-3-4-12-9/h3-4,6,8H,5,7,10H2,1-2H3. The maximum Gasteiger partial charge on any atom is 0.146 e. The van der Waals surface area contributed by atoms with Crippen LogP contribution < -0.4 is 10.6 Å². The Morgan fingerprint density at radius 2 is 2.31 bits per heavy atom. The molecule has 1 rings (SSSR count). The molecular formula is C9H16N4. The van der Waals surface area contributed by atoms with E-state index >= 15 is 0 Å². The summed E-state index contributed by atoms with van der Waals surface area (Å²) in [5.41, 5.74) is 5.54. The van der Waals surface area contributed by atoms with Crippen LogP contribution in [0.15, 0.2) is 18.6 Å². The van der Waals surface area contributed by atoms with Crippen molar-refractivity contribution in [2.75, 3.05) is 25.0 Å². The molecule has 0 fully saturated rings. The van der Waals surface area contributed by atoms with E-state index in [-0.39, 0.29) is 0 Å². The molecule has 1 aromatic rings. The largest absolute Gasteiger partial charge is 0.358 e. The summed E-state index contributed by atoms with van der Waals surface area (Å²) in [4.78, 5) is 10.3. The van der Waals surface area contributed by atoms with Gasteiger partial charge in [-0.3, -0.25) is 4.98 Å². The molecule has 1 aromatic heterocycles. The third-order valence-corrected chi connectivity index (χ3v) is 1.93. The van der Waals surface area contributed by atoms with Crippen molar-refractivity contribution in [2.24, 2.45) is 11.7 Å². The summed E-state index contributed by atoms with van der Waals surface area (Å²) < 4.78 is 0. The molecule has 0 saturated carbocycles. The molecule has 1 unspecified atom stereocenters. The zero-order chi connectivity index (χ0) is 9.68. The van der Waals surface area contributed by atoms with Crippen LogP contribution in [0.1, 0.15) is 6.92 Å². The van der Waals surface area contributed by atoms with E-state index in [0.717, 1.165) is 12.4 Å². The second-order valence-electron chi connectivity index (χ2n) is 3.29. The van der Waals surface area contributed by atoms with Crippen LogP contribution in [0.25, 0.3) is 0 Å². The fourth-order valence-corrected chi connectivity index (χ4v) is 1.12. The van der Waals surface area contributed by atoms with Crippen LogP contribution in [-0.4, -0.2) is 30.1 Å². The van der Waals surface area contributed by atoms with E-state index in [1.165, 1.54) is 0 Å². The molecule has 0 aromatic carbocycles. The highest BCUT2D eigenvalue weighted by Crippen LogP contribution is 2.06. The molecule has 0 aliphatic heterocycles. The van der Waals surface area contributed by atoms with Gasteiger partial charge in [0.25, 0.3) is 0 Å². The van der Waals surface area contributed by atoms with Crippen LogP contribution in [0.5, 0.6) is 0 Å². The lowest BCUT2D eigenvalue weighted by atomic mass is 10.2. The fourth-order valence-electron chi connectivity index (χ4n) is 1.12. The molecule has 1 atom stereocenters. The Kier molecular flexibility index (Phi) is 3.64. The first kappa shape index (κ1) is 9.92. The van der Waals surface area contributed by atoms with Gasteiger partial charge in [0.15, 0.2) is 0 Å². The lowest BCUT2D eigenvalue weighted by Gasteiger charge is -2.20. The maximum absolute atomic E-state index is 5.54. The van der Waals surface area contributed by atoms with Crippen LogP contribution in [0.3, 0.4) is 0 Å². The highest BCUT2D eigenvalue weighted by Gasteiger charge is 2.05. The third-order valence-electron chi connectivity index (χ3n) is 1.93. The van der Waals surface area contributed by atoms with Crippen molar-refractivity contribution < 1.29 is 0 Å². The molecule has 0 bridgehead atoms. The highest BCUT2D eigenvalue weighted by atomic mass is 15.2. The van der Waals surface area contributed by atoms with Crippen LogP contribution in [-0.2, 0) is 0 Å². The summed E-state index contributed by atoms with van der Waals surface area (Å²) in [5, 5.41) is 0. The Hall–Kier alpha value is -1.16. The van der Waals surface area contributed by atoms with Gasteiger partial charge in [0, 0.05) is 26.0 Å². The predicted molar refractivity (Wildman–Crippen MR) is 53.5 cm³/mol. The number of hydrogen-bond donors (Lipinski definition) is 1. The zero-order valence-electron chi connectivity index (χ0n) is 8.14. The zero-order valence-corrected chi connectivity index (χ0v) is 8.14. The normalized spacial score (nSPS) is 12.5. The van der Waals surface area contributed by atoms with Crippen molar-refractivity contribution >= 4 is 5.82 Å². The summed E-state index contributed by atoms with van der Waals surface area (Å²) in [6.45, 7) is 3.73. The molecule has 4 heteroatoms. The van der Waals surface area contributed by atoms with Crippen molar-refractivity contribution in [3.8, 4) is 0 Å². The van der Waals surface area contributed by atoms with E-state index in [9.17, 15) is 0 Å². The minimum absolute atomic E-state index is 0.479. The molecule has 4 nitrogen and oxygen atoms in total. The SMILES string of the molecule is CC(CN)CN(C)c1cnccn1. The van der Waals surface area contributed by atoms with Gasteiger partial charge in [-0.2, -0.15) is 0 Å². The highest BCUT2D eigenvalue weighted by molar-refractivity contribution is 5.33. The average molecular weight is 180 g/mol. The Morgan fingerprint density at radius 3 is 2.85 bits per heavy atom.